The molecule has 7 heteroatoms. The van der Waals surface area contributed by atoms with Crippen LogP contribution in [0.25, 0.3) is 22.3 Å². The van der Waals surface area contributed by atoms with Gasteiger partial charge in [-0.25, -0.2) is 18.7 Å². The summed E-state index contributed by atoms with van der Waals surface area (Å²) in [4.78, 5) is 8.16. The second-order valence-corrected chi connectivity index (χ2v) is 4.47. The second kappa shape index (κ2) is 5.19. The molecule has 3 aromatic rings. The first-order chi connectivity index (χ1) is 10.1. The zero-order valence-electron chi connectivity index (χ0n) is 10.7. The molecule has 0 radical (unpaired) electrons. The van der Waals surface area contributed by atoms with Gasteiger partial charge in [0.15, 0.2) is 5.65 Å². The molecule has 4 nitrogen and oxygen atoms in total. The summed E-state index contributed by atoms with van der Waals surface area (Å²) < 4.78 is 27.1. The van der Waals surface area contributed by atoms with Gasteiger partial charge in [-0.1, -0.05) is 6.07 Å². The highest BCUT2D eigenvalue weighted by Gasteiger charge is 2.19. The fourth-order valence-electron chi connectivity index (χ4n) is 2.13. The number of hydrogen-bond donors (Lipinski definition) is 2. The van der Waals surface area contributed by atoms with Crippen molar-refractivity contribution >= 4 is 23.6 Å². The van der Waals surface area contributed by atoms with Gasteiger partial charge in [-0.15, -0.1) is 0 Å². The summed E-state index contributed by atoms with van der Waals surface area (Å²) in [6.07, 6.45) is 1.48. The number of nitrogens with zero attached hydrogens (tertiary/aromatic N) is 2. The van der Waals surface area contributed by atoms with Crippen molar-refractivity contribution in [2.24, 2.45) is 0 Å². The molecular formula is C14H9BF2N2O2. The molecule has 0 bridgehead atoms. The Kier molecular flexibility index (Phi) is 3.36. The Morgan fingerprint density at radius 3 is 2.62 bits per heavy atom. The van der Waals surface area contributed by atoms with Crippen molar-refractivity contribution in [2.45, 2.75) is 0 Å². The zero-order valence-corrected chi connectivity index (χ0v) is 10.7. The van der Waals surface area contributed by atoms with Crippen LogP contribution in [-0.2, 0) is 0 Å². The summed E-state index contributed by atoms with van der Waals surface area (Å²) in [6.45, 7) is 0. The lowest BCUT2D eigenvalue weighted by atomic mass is 9.78. The Hall–Kier alpha value is -2.38. The highest BCUT2D eigenvalue weighted by molar-refractivity contribution is 6.62. The van der Waals surface area contributed by atoms with E-state index in [1.165, 1.54) is 12.3 Å². The molecular weight excluding hydrogens is 277 g/mol. The van der Waals surface area contributed by atoms with E-state index >= 15 is 0 Å². The average Bonchev–Trinajstić information content (AvgIpc) is 2.48. The average molecular weight is 286 g/mol. The highest BCUT2D eigenvalue weighted by atomic mass is 19.1. The number of rotatable bonds is 2. The van der Waals surface area contributed by atoms with Crippen LogP contribution in [0.5, 0.6) is 0 Å². The maximum atomic E-state index is 13.8. The van der Waals surface area contributed by atoms with Crippen LogP contribution in [0, 0.1) is 11.6 Å². The van der Waals surface area contributed by atoms with Crippen LogP contribution in [0.3, 0.4) is 0 Å². The first-order valence-electron chi connectivity index (χ1n) is 6.13. The molecule has 0 aliphatic heterocycles. The van der Waals surface area contributed by atoms with Gasteiger partial charge in [0, 0.05) is 17.1 Å². The first kappa shape index (κ1) is 13.6. The second-order valence-electron chi connectivity index (χ2n) is 4.47. The van der Waals surface area contributed by atoms with Crippen molar-refractivity contribution in [2.75, 3.05) is 0 Å². The van der Waals surface area contributed by atoms with Gasteiger partial charge in [0.1, 0.15) is 11.6 Å². The van der Waals surface area contributed by atoms with Crippen LogP contribution in [0.4, 0.5) is 8.78 Å². The van der Waals surface area contributed by atoms with Crippen LogP contribution < -0.4 is 5.46 Å². The van der Waals surface area contributed by atoms with Gasteiger partial charge >= 0.3 is 7.12 Å². The maximum Gasteiger partial charge on any atom is 0.489 e. The number of aromatic nitrogens is 2. The molecule has 0 fully saturated rings. The molecule has 0 spiro atoms. The number of halogens is 2. The van der Waals surface area contributed by atoms with Gasteiger partial charge in [-0.2, -0.15) is 0 Å². The van der Waals surface area contributed by atoms with Gasteiger partial charge in [-0.05, 0) is 35.8 Å². The zero-order chi connectivity index (χ0) is 15.0. The third-order valence-corrected chi connectivity index (χ3v) is 3.10. The third kappa shape index (κ3) is 2.48. The highest BCUT2D eigenvalue weighted by Crippen LogP contribution is 2.23. The van der Waals surface area contributed by atoms with Gasteiger partial charge in [0.2, 0.25) is 0 Å². The van der Waals surface area contributed by atoms with Gasteiger partial charge in [-0.3, -0.25) is 0 Å². The number of benzene rings is 1. The van der Waals surface area contributed by atoms with E-state index in [9.17, 15) is 18.8 Å². The molecule has 0 aliphatic rings. The van der Waals surface area contributed by atoms with E-state index in [0.717, 1.165) is 18.2 Å². The molecule has 2 aromatic heterocycles. The van der Waals surface area contributed by atoms with E-state index < -0.39 is 18.8 Å². The monoisotopic (exact) mass is 286 g/mol. The molecule has 0 unspecified atom stereocenters. The smallest absolute Gasteiger partial charge is 0.423 e. The van der Waals surface area contributed by atoms with Crippen molar-refractivity contribution in [1.29, 1.82) is 0 Å². The Morgan fingerprint density at radius 1 is 1.05 bits per heavy atom. The molecule has 2 N–H and O–H groups in total. The Bertz CT molecular complexity index is 827. The minimum atomic E-state index is -1.77. The molecule has 0 atom stereocenters. The summed E-state index contributed by atoms with van der Waals surface area (Å²) in [5.41, 5.74) is 0.374. The van der Waals surface area contributed by atoms with Crippen molar-refractivity contribution in [3.05, 3.63) is 54.2 Å². The van der Waals surface area contributed by atoms with E-state index in [4.69, 9.17) is 0 Å². The molecule has 0 saturated heterocycles. The van der Waals surface area contributed by atoms with Crippen LogP contribution in [0.1, 0.15) is 0 Å². The maximum absolute atomic E-state index is 13.8. The predicted octanol–water partition coefficient (Wildman–Crippen LogP) is 1.25. The fourth-order valence-corrected chi connectivity index (χ4v) is 2.13. The van der Waals surface area contributed by atoms with E-state index in [1.807, 2.05) is 0 Å². The molecule has 3 rings (SSSR count). The van der Waals surface area contributed by atoms with Gasteiger partial charge in [0.25, 0.3) is 0 Å². The summed E-state index contributed by atoms with van der Waals surface area (Å²) in [5.74, 6) is -1.27. The Morgan fingerprint density at radius 2 is 1.86 bits per heavy atom. The summed E-state index contributed by atoms with van der Waals surface area (Å²) in [6, 6.07) is 7.55. The number of fused-ring (bicyclic) bond motifs is 1. The molecule has 0 amide bonds. The van der Waals surface area contributed by atoms with E-state index in [0.29, 0.717) is 5.39 Å². The summed E-state index contributed by atoms with van der Waals surface area (Å²) >= 11 is 0. The van der Waals surface area contributed by atoms with Gasteiger partial charge in [0.05, 0.1) is 5.69 Å². The third-order valence-electron chi connectivity index (χ3n) is 3.10. The predicted molar refractivity (Wildman–Crippen MR) is 74.7 cm³/mol. The normalized spacial score (nSPS) is 10.9. The largest absolute Gasteiger partial charge is 0.489 e. The lowest BCUT2D eigenvalue weighted by molar-refractivity contribution is 0.426. The Labute approximate surface area is 118 Å². The SMILES string of the molecule is OB(O)c1cc(-c2cc(F)ccc2F)nc2ncccc12. The van der Waals surface area contributed by atoms with Crippen molar-refractivity contribution in [3.63, 3.8) is 0 Å². The van der Waals surface area contributed by atoms with Crippen LogP contribution >= 0.6 is 0 Å². The Balaban J connectivity index is 2.31. The van der Waals surface area contributed by atoms with Crippen molar-refractivity contribution in [1.82, 2.24) is 9.97 Å². The quantitative estimate of drug-likeness (QED) is 0.696. The van der Waals surface area contributed by atoms with Crippen molar-refractivity contribution in [3.8, 4) is 11.3 Å². The number of hydrogen-bond acceptors (Lipinski definition) is 4. The molecule has 2 heterocycles. The van der Waals surface area contributed by atoms with Crippen LogP contribution in [0.2, 0.25) is 0 Å². The van der Waals surface area contributed by atoms with E-state index in [2.05, 4.69) is 9.97 Å². The topological polar surface area (TPSA) is 66.2 Å². The molecule has 0 aliphatic carbocycles. The van der Waals surface area contributed by atoms with Crippen LogP contribution in [-0.4, -0.2) is 27.1 Å². The van der Waals surface area contributed by atoms with E-state index in [-0.39, 0.29) is 22.4 Å². The van der Waals surface area contributed by atoms with Crippen LogP contribution in [0.15, 0.2) is 42.6 Å². The first-order valence-corrected chi connectivity index (χ1v) is 6.13. The molecule has 1 aromatic carbocycles. The fraction of sp³-hybridized carbons (Fsp3) is 0. The van der Waals surface area contributed by atoms with E-state index in [1.54, 1.807) is 12.1 Å². The standard InChI is InChI=1S/C14H9BF2N2O2/c16-8-3-4-12(17)10(6-8)13-7-11(15(20)21)9-2-1-5-18-14(9)19-13/h1-7,20-21H. The molecule has 0 saturated carbocycles. The summed E-state index contributed by atoms with van der Waals surface area (Å²) in [5, 5.41) is 19.3. The lowest BCUT2D eigenvalue weighted by Gasteiger charge is -2.09. The minimum Gasteiger partial charge on any atom is -0.423 e. The molecule has 21 heavy (non-hydrogen) atoms. The summed E-state index contributed by atoms with van der Waals surface area (Å²) in [7, 11) is -1.77. The number of pyridine rings is 2. The lowest BCUT2D eigenvalue weighted by Crippen LogP contribution is -2.31. The molecule has 104 valence electrons. The van der Waals surface area contributed by atoms with Crippen molar-refractivity contribution < 1.29 is 18.8 Å². The minimum absolute atomic E-state index is 0.0653. The van der Waals surface area contributed by atoms with Gasteiger partial charge < -0.3 is 10.0 Å².